The molecule has 7 nitrogen and oxygen atoms in total. The van der Waals surface area contributed by atoms with E-state index in [1.165, 1.54) is 0 Å². The van der Waals surface area contributed by atoms with Crippen molar-refractivity contribution in [3.05, 3.63) is 95.8 Å². The van der Waals surface area contributed by atoms with E-state index in [9.17, 15) is 23.1 Å². The Hall–Kier alpha value is -4.99. The average Bonchev–Trinajstić information content (AvgIpc) is 2.89. The fraction of sp³-hybridized carbons (Fsp3) is 0.0714. The monoisotopic (exact) mass is 515 g/mol. The largest absolute Gasteiger partial charge is 0.507 e. The number of phenols is 1. The quantitative estimate of drug-likeness (QED) is 0.262. The van der Waals surface area contributed by atoms with Gasteiger partial charge in [-0.1, -0.05) is 36.4 Å². The normalized spacial score (nSPS) is 11.5. The Kier molecular flexibility index (Phi) is 6.15. The van der Waals surface area contributed by atoms with Crippen molar-refractivity contribution >= 4 is 28.6 Å². The Morgan fingerprint density at radius 1 is 0.974 bits per heavy atom. The molecule has 0 unspecified atom stereocenters. The number of pyridine rings is 1. The molecule has 0 saturated heterocycles. The molecule has 3 aromatic carbocycles. The summed E-state index contributed by atoms with van der Waals surface area (Å²) >= 11 is 0. The molecule has 190 valence electrons. The van der Waals surface area contributed by atoms with Crippen molar-refractivity contribution in [2.45, 2.75) is 13.1 Å². The van der Waals surface area contributed by atoms with Crippen LogP contribution in [0.25, 0.3) is 33.2 Å². The van der Waals surface area contributed by atoms with E-state index >= 15 is 0 Å². The van der Waals surface area contributed by atoms with Gasteiger partial charge in [0.05, 0.1) is 16.6 Å². The molecule has 1 amide bonds. The third-order valence-electron chi connectivity index (χ3n) is 6.05. The fourth-order valence-electron chi connectivity index (χ4n) is 4.18. The first-order valence-electron chi connectivity index (χ1n) is 11.4. The fourth-order valence-corrected chi connectivity index (χ4v) is 4.18. The predicted molar refractivity (Wildman–Crippen MR) is 138 cm³/mol. The molecule has 0 atom stereocenters. The molecule has 0 saturated carbocycles. The summed E-state index contributed by atoms with van der Waals surface area (Å²) in [6, 6.07) is 17.2. The number of aromatic nitrogens is 3. The molecule has 0 aliphatic carbocycles. The minimum atomic E-state index is -4.57. The molecule has 0 aliphatic heterocycles. The molecule has 4 N–H and O–H groups in total. The van der Waals surface area contributed by atoms with Crippen LogP contribution < -0.4 is 11.1 Å². The lowest BCUT2D eigenvalue weighted by atomic mass is 9.91. The Morgan fingerprint density at radius 3 is 2.47 bits per heavy atom. The van der Waals surface area contributed by atoms with E-state index in [-0.39, 0.29) is 23.1 Å². The zero-order valence-electron chi connectivity index (χ0n) is 19.9. The summed E-state index contributed by atoms with van der Waals surface area (Å²) in [6.45, 7) is 1.82. The molecular weight excluding hydrogens is 495 g/mol. The van der Waals surface area contributed by atoms with E-state index in [1.54, 1.807) is 30.5 Å². The highest BCUT2D eigenvalue weighted by atomic mass is 19.4. The second kappa shape index (κ2) is 9.47. The summed E-state index contributed by atoms with van der Waals surface area (Å²) in [5.74, 6) is -0.902. The highest BCUT2D eigenvalue weighted by Crippen LogP contribution is 2.44. The lowest BCUT2D eigenvalue weighted by molar-refractivity contribution is -0.137. The number of carbonyl (C=O) groups is 1. The van der Waals surface area contributed by atoms with E-state index in [1.807, 2.05) is 37.3 Å². The van der Waals surface area contributed by atoms with Gasteiger partial charge in [0, 0.05) is 28.9 Å². The van der Waals surface area contributed by atoms with Gasteiger partial charge in [-0.3, -0.25) is 4.79 Å². The van der Waals surface area contributed by atoms with Crippen molar-refractivity contribution in [2.24, 2.45) is 0 Å². The smallest absolute Gasteiger partial charge is 0.416 e. The van der Waals surface area contributed by atoms with Gasteiger partial charge in [0.25, 0.3) is 5.91 Å². The van der Waals surface area contributed by atoms with E-state index in [0.717, 1.165) is 23.9 Å². The number of fused-ring (bicyclic) bond motifs is 1. The molecule has 10 heteroatoms. The molecule has 0 aliphatic rings. The number of nitrogens with zero attached hydrogens (tertiary/aromatic N) is 3. The highest BCUT2D eigenvalue weighted by molar-refractivity contribution is 6.06. The molecule has 38 heavy (non-hydrogen) atoms. The maximum Gasteiger partial charge on any atom is 0.416 e. The van der Waals surface area contributed by atoms with Crippen LogP contribution >= 0.6 is 0 Å². The zero-order chi connectivity index (χ0) is 27.0. The van der Waals surface area contributed by atoms with Crippen molar-refractivity contribution in [3.63, 3.8) is 0 Å². The third-order valence-corrected chi connectivity index (χ3v) is 6.05. The summed E-state index contributed by atoms with van der Waals surface area (Å²) in [7, 11) is 0. The summed E-state index contributed by atoms with van der Waals surface area (Å²) in [4.78, 5) is 25.2. The van der Waals surface area contributed by atoms with Gasteiger partial charge in [0.15, 0.2) is 0 Å². The van der Waals surface area contributed by atoms with Gasteiger partial charge in [-0.15, -0.1) is 0 Å². The standard InChI is InChI=1S/C28H20F3N5O2/c1-15-7-8-17(26(38)35-22-13-19(9-10-33-22)28(29,30)31)11-20(15)21-12-18-14-34-27(32)36-24(18)23(25(21)37)16-5-3-2-4-6-16/h2-14,37H,1H3,(H2,32,34,36)(H,33,35,38). The van der Waals surface area contributed by atoms with Crippen LogP contribution in [0.3, 0.4) is 0 Å². The number of amides is 1. The number of aryl methyl sites for hydroxylation is 1. The number of hydrogen-bond acceptors (Lipinski definition) is 6. The van der Waals surface area contributed by atoms with Crippen LogP contribution in [0, 0.1) is 6.92 Å². The van der Waals surface area contributed by atoms with E-state index in [0.29, 0.717) is 33.2 Å². The molecule has 0 radical (unpaired) electrons. The average molecular weight is 515 g/mol. The first kappa shape index (κ1) is 24.7. The van der Waals surface area contributed by atoms with Crippen LogP contribution in [0.5, 0.6) is 5.75 Å². The van der Waals surface area contributed by atoms with E-state index < -0.39 is 17.6 Å². The van der Waals surface area contributed by atoms with Gasteiger partial charge in [0.1, 0.15) is 11.6 Å². The van der Waals surface area contributed by atoms with Crippen LogP contribution in [0.1, 0.15) is 21.5 Å². The SMILES string of the molecule is Cc1ccc(C(=O)Nc2cc(C(F)(F)F)ccn2)cc1-c1cc2cnc(N)nc2c(-c2ccccc2)c1O. The molecule has 2 heterocycles. The van der Waals surface area contributed by atoms with Gasteiger partial charge in [-0.2, -0.15) is 13.2 Å². The minimum absolute atomic E-state index is 0.0554. The Balaban J connectivity index is 1.60. The minimum Gasteiger partial charge on any atom is -0.507 e. The number of benzene rings is 3. The highest BCUT2D eigenvalue weighted by Gasteiger charge is 2.31. The zero-order valence-corrected chi connectivity index (χ0v) is 19.9. The number of halogens is 3. The predicted octanol–water partition coefficient (Wildman–Crippen LogP) is 6.23. The van der Waals surface area contributed by atoms with Crippen LogP contribution in [-0.2, 0) is 6.18 Å². The number of rotatable bonds is 4. The van der Waals surface area contributed by atoms with Crippen molar-refractivity contribution in [3.8, 4) is 28.0 Å². The number of nitrogens with two attached hydrogens (primary N) is 1. The van der Waals surface area contributed by atoms with Gasteiger partial charge in [-0.25, -0.2) is 15.0 Å². The molecular formula is C28H20F3N5O2. The number of phenolic OH excluding ortho intramolecular Hbond substituents is 1. The number of anilines is 2. The maximum absolute atomic E-state index is 13.1. The topological polar surface area (TPSA) is 114 Å². The lowest BCUT2D eigenvalue weighted by Crippen LogP contribution is -2.14. The van der Waals surface area contributed by atoms with E-state index in [2.05, 4.69) is 20.3 Å². The molecule has 2 aromatic heterocycles. The number of aromatic hydroxyl groups is 1. The second-order valence-corrected chi connectivity index (χ2v) is 8.59. The Morgan fingerprint density at radius 2 is 1.74 bits per heavy atom. The summed E-state index contributed by atoms with van der Waals surface area (Å²) in [5, 5.41) is 14.5. The van der Waals surface area contributed by atoms with Gasteiger partial charge < -0.3 is 16.2 Å². The number of nitrogens with one attached hydrogen (secondary N) is 1. The Bertz CT molecular complexity index is 1690. The summed E-state index contributed by atoms with van der Waals surface area (Å²) in [5.41, 5.74) is 8.41. The first-order chi connectivity index (χ1) is 18.1. The number of alkyl halides is 3. The Labute approximate surface area is 214 Å². The maximum atomic E-state index is 13.1. The van der Waals surface area contributed by atoms with Gasteiger partial charge >= 0.3 is 6.18 Å². The lowest BCUT2D eigenvalue weighted by Gasteiger charge is -2.16. The van der Waals surface area contributed by atoms with Crippen molar-refractivity contribution in [1.29, 1.82) is 0 Å². The van der Waals surface area contributed by atoms with Crippen LogP contribution in [0.15, 0.2) is 79.1 Å². The first-order valence-corrected chi connectivity index (χ1v) is 11.4. The number of hydrogen-bond donors (Lipinski definition) is 3. The summed E-state index contributed by atoms with van der Waals surface area (Å²) in [6.07, 6.45) is -2.04. The van der Waals surface area contributed by atoms with E-state index in [4.69, 9.17) is 5.73 Å². The van der Waals surface area contributed by atoms with Crippen molar-refractivity contribution < 1.29 is 23.1 Å². The molecule has 0 bridgehead atoms. The molecule has 5 rings (SSSR count). The van der Waals surface area contributed by atoms with Crippen LogP contribution in [-0.4, -0.2) is 26.0 Å². The number of nitrogen functional groups attached to an aromatic ring is 1. The second-order valence-electron chi connectivity index (χ2n) is 8.59. The molecule has 0 spiro atoms. The third kappa shape index (κ3) is 4.71. The van der Waals surface area contributed by atoms with Crippen LogP contribution in [0.2, 0.25) is 0 Å². The molecule has 5 aromatic rings. The van der Waals surface area contributed by atoms with Crippen molar-refractivity contribution in [1.82, 2.24) is 15.0 Å². The molecule has 0 fully saturated rings. The summed E-state index contributed by atoms with van der Waals surface area (Å²) < 4.78 is 39.2. The van der Waals surface area contributed by atoms with Gasteiger partial charge in [-0.05, 0) is 53.9 Å². The van der Waals surface area contributed by atoms with Gasteiger partial charge in [0.2, 0.25) is 5.95 Å². The van der Waals surface area contributed by atoms with Crippen molar-refractivity contribution in [2.75, 3.05) is 11.1 Å². The number of carbonyl (C=O) groups excluding carboxylic acids is 1. The van der Waals surface area contributed by atoms with Crippen LogP contribution in [0.4, 0.5) is 24.9 Å².